The van der Waals surface area contributed by atoms with Gasteiger partial charge in [-0.2, -0.15) is 0 Å². The van der Waals surface area contributed by atoms with Crippen LogP contribution >= 0.6 is 0 Å². The number of fused-ring (bicyclic) bond motifs is 7. The molecule has 14 unspecified atom stereocenters. The van der Waals surface area contributed by atoms with Gasteiger partial charge in [0.15, 0.2) is 0 Å². The third-order valence-electron chi connectivity index (χ3n) is 28.5. The van der Waals surface area contributed by atoms with Crippen LogP contribution in [0.4, 0.5) is 0 Å². The molecule has 0 spiro atoms. The van der Waals surface area contributed by atoms with Crippen LogP contribution in [0.2, 0.25) is 0 Å². The van der Waals surface area contributed by atoms with E-state index in [0.717, 1.165) is 84.4 Å². The van der Waals surface area contributed by atoms with Crippen LogP contribution in [0.3, 0.4) is 0 Å². The van der Waals surface area contributed by atoms with Crippen molar-refractivity contribution in [2.24, 2.45) is 81.8 Å². The summed E-state index contributed by atoms with van der Waals surface area (Å²) in [6.45, 7) is 12.0. The Bertz CT molecular complexity index is 2240. The van der Waals surface area contributed by atoms with Crippen LogP contribution in [-0.2, 0) is 9.47 Å². The van der Waals surface area contributed by atoms with Gasteiger partial charge in [-0.25, -0.2) is 0 Å². The lowest BCUT2D eigenvalue weighted by atomic mass is 9.43. The van der Waals surface area contributed by atoms with Gasteiger partial charge in [-0.3, -0.25) is 4.90 Å². The Labute approximate surface area is 497 Å². The molecule has 450 valence electrons. The van der Waals surface area contributed by atoms with Gasteiger partial charge in [-0.15, -0.1) is 6.58 Å². The zero-order valence-electron chi connectivity index (χ0n) is 52.5. The first-order valence-electron chi connectivity index (χ1n) is 37.0. The summed E-state index contributed by atoms with van der Waals surface area (Å²) >= 11 is 0. The van der Waals surface area contributed by atoms with Gasteiger partial charge in [0.1, 0.15) is 0 Å². The number of hydrogen-bond acceptors (Lipinski definition) is 4. The molecule has 10 fully saturated rings. The molecule has 0 aromatic heterocycles. The van der Waals surface area contributed by atoms with E-state index in [9.17, 15) is 0 Å². The maximum atomic E-state index is 7.16. The molecule has 81 heavy (non-hydrogen) atoms. The van der Waals surface area contributed by atoms with E-state index in [1.54, 1.807) is 11.3 Å². The fourth-order valence-corrected chi connectivity index (χ4v) is 25.1. The summed E-state index contributed by atoms with van der Waals surface area (Å²) in [6.07, 6.45) is 76.3. The first-order chi connectivity index (χ1) is 39.8. The number of hydrogen-bond donors (Lipinski definition) is 0. The van der Waals surface area contributed by atoms with E-state index in [2.05, 4.69) is 73.6 Å². The van der Waals surface area contributed by atoms with Crippen molar-refractivity contribution in [2.45, 2.75) is 339 Å². The minimum atomic E-state index is 0.392. The highest BCUT2D eigenvalue weighted by atomic mass is 16.5. The maximum absolute atomic E-state index is 7.16. The zero-order chi connectivity index (χ0) is 54.7. The largest absolute Gasteiger partial charge is 0.375 e. The summed E-state index contributed by atoms with van der Waals surface area (Å²) in [5, 5.41) is 0. The van der Waals surface area contributed by atoms with Crippen LogP contribution in [0.1, 0.15) is 284 Å². The number of rotatable bonds is 13. The third-order valence-corrected chi connectivity index (χ3v) is 28.5. The molecule has 4 nitrogen and oxygen atoms in total. The Balaban J connectivity index is 0.729. The fourth-order valence-electron chi connectivity index (χ4n) is 25.1. The van der Waals surface area contributed by atoms with Crippen molar-refractivity contribution in [3.63, 3.8) is 0 Å². The molecule has 1 aliphatic heterocycles. The zero-order valence-corrected chi connectivity index (χ0v) is 52.5. The van der Waals surface area contributed by atoms with Crippen molar-refractivity contribution in [2.75, 3.05) is 0 Å². The number of nitrogens with zero attached hydrogens (tertiary/aromatic N) is 2. The Morgan fingerprint density at radius 2 is 1.27 bits per heavy atom. The van der Waals surface area contributed by atoms with E-state index in [1.807, 2.05) is 5.57 Å². The molecule has 14 aliphatic rings. The summed E-state index contributed by atoms with van der Waals surface area (Å²) in [7, 11) is 0. The normalized spacial score (nSPS) is 46.2. The van der Waals surface area contributed by atoms with Crippen molar-refractivity contribution in [1.29, 1.82) is 0 Å². The van der Waals surface area contributed by atoms with Crippen molar-refractivity contribution in [3.05, 3.63) is 59.9 Å². The predicted octanol–water partition coefficient (Wildman–Crippen LogP) is 20.0. The van der Waals surface area contributed by atoms with Crippen LogP contribution in [0.25, 0.3) is 0 Å². The average Bonchev–Trinajstić information content (AvgIpc) is 3.96. The van der Waals surface area contributed by atoms with Crippen molar-refractivity contribution < 1.29 is 9.47 Å². The molecular weight excluding hydrogens is 985 g/mol. The summed E-state index contributed by atoms with van der Waals surface area (Å²) in [6, 6.07) is 3.68. The molecule has 0 radical (unpaired) electrons. The molecule has 0 aromatic rings. The second-order valence-electron chi connectivity index (χ2n) is 32.4. The standard InChI is InChI=1S/C77H120N2O2/c1-5-53-27-39-63(40-28-53)80-65-43-34-59(35-44-65)77(58-19-8-6-9-20-58)72-25-15-14-24-68(72)71-46-38-62(51-76(71,77)4)78(73-26-16-18-56-17-12-13-23-67(56)73)61-36-29-55(30-37-61)57-33-47-74-69(49-57)70-50-66(81-64-41-31-54(32-42-64)52(2)3)45-48-75(70)79(74)60-21-10-7-11-22-60/h5,31,38,46,48-49,52-53,55-56,58-74H,1,6-30,32-37,39-45,47,50-51H2,2-4H3. The van der Waals surface area contributed by atoms with Crippen LogP contribution in [0, 0.1) is 81.8 Å². The van der Waals surface area contributed by atoms with Gasteiger partial charge in [-0.05, 0) is 250 Å². The molecule has 13 aliphatic carbocycles. The fraction of sp³-hybridized carbons (Fsp3) is 0.870. The van der Waals surface area contributed by atoms with Gasteiger partial charge in [0.25, 0.3) is 0 Å². The molecular formula is C77H120N2O2. The first kappa shape index (κ1) is 57.1. The summed E-state index contributed by atoms with van der Waals surface area (Å²) in [5.74, 6) is 9.94. The average molecular weight is 1110 g/mol. The number of ether oxygens (including phenoxy) is 2. The first-order valence-corrected chi connectivity index (χ1v) is 37.0. The highest BCUT2D eigenvalue weighted by Gasteiger charge is 2.71. The van der Waals surface area contributed by atoms with Crippen molar-refractivity contribution >= 4 is 0 Å². The second-order valence-corrected chi connectivity index (χ2v) is 32.4. The third kappa shape index (κ3) is 10.8. The van der Waals surface area contributed by atoms with E-state index in [4.69, 9.17) is 9.47 Å². The highest BCUT2D eigenvalue weighted by molar-refractivity contribution is 5.31. The number of allylic oxidation sites excluding steroid dienone is 5. The summed E-state index contributed by atoms with van der Waals surface area (Å²) in [4.78, 5) is 6.57. The van der Waals surface area contributed by atoms with Gasteiger partial charge in [0, 0.05) is 47.7 Å². The molecule has 0 amide bonds. The lowest BCUT2D eigenvalue weighted by molar-refractivity contribution is -0.142. The molecule has 0 bridgehead atoms. The summed E-state index contributed by atoms with van der Waals surface area (Å²) in [5.41, 5.74) is 6.24. The lowest BCUT2D eigenvalue weighted by Gasteiger charge is -2.62. The van der Waals surface area contributed by atoms with Gasteiger partial charge in [0.05, 0.1) is 24.4 Å². The van der Waals surface area contributed by atoms with E-state index < -0.39 is 0 Å². The molecule has 14 atom stereocenters. The van der Waals surface area contributed by atoms with E-state index in [-0.39, 0.29) is 0 Å². The van der Waals surface area contributed by atoms with Crippen LogP contribution in [0.15, 0.2) is 59.9 Å². The quantitative estimate of drug-likeness (QED) is 0.172. The van der Waals surface area contributed by atoms with Gasteiger partial charge < -0.3 is 14.4 Å². The van der Waals surface area contributed by atoms with E-state index in [0.29, 0.717) is 65.0 Å². The Morgan fingerprint density at radius 3 is 2.01 bits per heavy atom. The minimum absolute atomic E-state index is 0.392. The molecule has 1 saturated heterocycles. The summed E-state index contributed by atoms with van der Waals surface area (Å²) < 4.78 is 14.3. The van der Waals surface area contributed by atoms with Gasteiger partial charge in [-0.1, -0.05) is 152 Å². The van der Waals surface area contributed by atoms with Gasteiger partial charge in [0.2, 0.25) is 0 Å². The van der Waals surface area contributed by atoms with Crippen molar-refractivity contribution in [3.8, 4) is 0 Å². The smallest absolute Gasteiger partial charge is 0.0620 e. The molecule has 14 rings (SSSR count). The maximum Gasteiger partial charge on any atom is 0.0620 e. The van der Waals surface area contributed by atoms with E-state index >= 15 is 0 Å². The highest BCUT2D eigenvalue weighted by Crippen LogP contribution is 2.77. The number of likely N-dealkylation sites (tertiary alicyclic amines) is 1. The molecule has 4 heteroatoms. The van der Waals surface area contributed by atoms with E-state index in [1.165, 1.54) is 250 Å². The SMILES string of the molecule is C=CC1CCC(OC2CCC(C3(C4CCCCC4)C4CCCCC4C4C=CC(N(C5CCC(C6=CC7C8CC(OC9CC=C(C(C)C)CC9)CC=C8N(C8CCCCC8)C7CC6)CC5)C5CCCC6CCCCC65)CC43C)CC2)CC1. The second kappa shape index (κ2) is 24.9. The molecule has 0 aromatic carbocycles. The Hall–Kier alpha value is -1.62. The Kier molecular flexibility index (Phi) is 17.5. The predicted molar refractivity (Wildman–Crippen MR) is 337 cm³/mol. The topological polar surface area (TPSA) is 24.9 Å². The lowest BCUT2D eigenvalue weighted by Crippen LogP contribution is -2.60. The van der Waals surface area contributed by atoms with Crippen molar-refractivity contribution in [1.82, 2.24) is 9.80 Å². The van der Waals surface area contributed by atoms with Gasteiger partial charge >= 0.3 is 0 Å². The van der Waals surface area contributed by atoms with Crippen LogP contribution in [-0.4, -0.2) is 64.4 Å². The monoisotopic (exact) mass is 1100 g/mol. The van der Waals surface area contributed by atoms with Crippen LogP contribution < -0.4 is 0 Å². The molecule has 9 saturated carbocycles. The Morgan fingerprint density at radius 1 is 0.605 bits per heavy atom. The molecule has 0 N–H and O–H groups in total. The van der Waals surface area contributed by atoms with Crippen LogP contribution in [0.5, 0.6) is 0 Å². The molecule has 1 heterocycles. The minimum Gasteiger partial charge on any atom is -0.375 e.